The minimum Gasteiger partial charge on any atom is -0.333 e. The molecule has 1 saturated carbocycles. The van der Waals surface area contributed by atoms with Crippen LogP contribution in [0, 0.1) is 0 Å². The third-order valence-corrected chi connectivity index (χ3v) is 4.49. The van der Waals surface area contributed by atoms with Crippen LogP contribution in [0.5, 0.6) is 0 Å². The molecule has 0 aromatic heterocycles. The lowest BCUT2D eigenvalue weighted by Crippen LogP contribution is -2.43. The molecule has 0 spiro atoms. The SMILES string of the molecule is CC(C)N(C(=O)c1cc(Br)ccc1Cl)C1CCCC1. The maximum atomic E-state index is 12.8. The number of carbonyl (C=O) groups excluding carboxylic acids is 1. The lowest BCUT2D eigenvalue weighted by molar-refractivity contribution is 0.0613. The zero-order chi connectivity index (χ0) is 14.0. The first-order valence-electron chi connectivity index (χ1n) is 6.78. The average Bonchev–Trinajstić information content (AvgIpc) is 2.85. The number of rotatable bonds is 3. The highest BCUT2D eigenvalue weighted by Gasteiger charge is 2.30. The van der Waals surface area contributed by atoms with Crippen molar-refractivity contribution in [2.24, 2.45) is 0 Å². The Morgan fingerprint density at radius 1 is 1.37 bits per heavy atom. The van der Waals surface area contributed by atoms with Gasteiger partial charge in [-0.3, -0.25) is 4.79 Å². The number of benzene rings is 1. The zero-order valence-corrected chi connectivity index (χ0v) is 13.7. The smallest absolute Gasteiger partial charge is 0.255 e. The highest BCUT2D eigenvalue weighted by Crippen LogP contribution is 2.29. The van der Waals surface area contributed by atoms with Gasteiger partial charge in [-0.2, -0.15) is 0 Å². The van der Waals surface area contributed by atoms with Gasteiger partial charge in [0, 0.05) is 16.6 Å². The molecule has 1 fully saturated rings. The summed E-state index contributed by atoms with van der Waals surface area (Å²) in [6, 6.07) is 6.00. The van der Waals surface area contributed by atoms with Crippen LogP contribution in [-0.2, 0) is 0 Å². The first-order chi connectivity index (χ1) is 9.00. The first-order valence-corrected chi connectivity index (χ1v) is 7.95. The zero-order valence-electron chi connectivity index (χ0n) is 11.3. The molecule has 4 heteroatoms. The summed E-state index contributed by atoms with van der Waals surface area (Å²) < 4.78 is 0.885. The fourth-order valence-corrected chi connectivity index (χ4v) is 3.36. The van der Waals surface area contributed by atoms with Crippen molar-refractivity contribution in [1.82, 2.24) is 4.90 Å². The molecule has 0 radical (unpaired) electrons. The molecule has 0 atom stereocenters. The van der Waals surface area contributed by atoms with Gasteiger partial charge >= 0.3 is 0 Å². The lowest BCUT2D eigenvalue weighted by Gasteiger charge is -2.33. The Kier molecular flexibility index (Phi) is 4.91. The van der Waals surface area contributed by atoms with E-state index in [1.54, 1.807) is 6.07 Å². The van der Waals surface area contributed by atoms with Crippen LogP contribution in [0.15, 0.2) is 22.7 Å². The van der Waals surface area contributed by atoms with E-state index in [0.717, 1.165) is 17.3 Å². The van der Waals surface area contributed by atoms with Crippen LogP contribution in [0.4, 0.5) is 0 Å². The standard InChI is InChI=1S/C15H19BrClNO/c1-10(2)18(12-5-3-4-6-12)15(19)13-9-11(16)7-8-14(13)17/h7-10,12H,3-6H2,1-2H3. The topological polar surface area (TPSA) is 20.3 Å². The van der Waals surface area contributed by atoms with Crippen molar-refractivity contribution in [1.29, 1.82) is 0 Å². The number of halogens is 2. The van der Waals surface area contributed by atoms with E-state index in [9.17, 15) is 4.79 Å². The molecule has 0 heterocycles. The van der Waals surface area contributed by atoms with Crippen LogP contribution < -0.4 is 0 Å². The minimum atomic E-state index is 0.0493. The molecular formula is C15H19BrClNO. The molecule has 0 aliphatic heterocycles. The normalized spacial score (nSPS) is 16.1. The predicted molar refractivity (Wildman–Crippen MR) is 82.7 cm³/mol. The van der Waals surface area contributed by atoms with Crippen molar-refractivity contribution in [2.75, 3.05) is 0 Å². The van der Waals surface area contributed by atoms with Gasteiger partial charge in [-0.1, -0.05) is 40.4 Å². The van der Waals surface area contributed by atoms with E-state index >= 15 is 0 Å². The summed E-state index contributed by atoms with van der Waals surface area (Å²) in [7, 11) is 0. The Balaban J connectivity index is 2.30. The summed E-state index contributed by atoms with van der Waals surface area (Å²) in [5.74, 6) is 0.0493. The molecule has 2 nitrogen and oxygen atoms in total. The van der Waals surface area contributed by atoms with E-state index in [4.69, 9.17) is 11.6 Å². The van der Waals surface area contributed by atoms with Crippen LogP contribution in [0.2, 0.25) is 5.02 Å². The van der Waals surface area contributed by atoms with Gasteiger partial charge in [0.2, 0.25) is 0 Å². The monoisotopic (exact) mass is 343 g/mol. The van der Waals surface area contributed by atoms with Crippen LogP contribution in [0.25, 0.3) is 0 Å². The number of hydrogen-bond donors (Lipinski definition) is 0. The van der Waals surface area contributed by atoms with Crippen molar-refractivity contribution in [3.8, 4) is 0 Å². The molecule has 0 unspecified atom stereocenters. The fraction of sp³-hybridized carbons (Fsp3) is 0.533. The van der Waals surface area contributed by atoms with Crippen molar-refractivity contribution in [3.63, 3.8) is 0 Å². The van der Waals surface area contributed by atoms with E-state index < -0.39 is 0 Å². The van der Waals surface area contributed by atoms with E-state index in [0.29, 0.717) is 16.6 Å². The molecule has 0 N–H and O–H groups in total. The fourth-order valence-electron chi connectivity index (χ4n) is 2.80. The van der Waals surface area contributed by atoms with Crippen molar-refractivity contribution < 1.29 is 4.79 Å². The Hall–Kier alpha value is -0.540. The van der Waals surface area contributed by atoms with Crippen molar-refractivity contribution in [2.45, 2.75) is 51.6 Å². The summed E-state index contributed by atoms with van der Waals surface area (Å²) in [6.45, 7) is 4.14. The van der Waals surface area contributed by atoms with Crippen molar-refractivity contribution >= 4 is 33.4 Å². The molecule has 1 aliphatic carbocycles. The Bertz CT molecular complexity index is 469. The quantitative estimate of drug-likeness (QED) is 0.764. The van der Waals surface area contributed by atoms with Gasteiger partial charge in [-0.05, 0) is 44.9 Å². The van der Waals surface area contributed by atoms with Crippen molar-refractivity contribution in [3.05, 3.63) is 33.3 Å². The second-order valence-electron chi connectivity index (χ2n) is 5.37. The van der Waals surface area contributed by atoms with E-state index in [-0.39, 0.29) is 11.9 Å². The Morgan fingerprint density at radius 3 is 2.58 bits per heavy atom. The van der Waals surface area contributed by atoms with Gasteiger partial charge in [0.05, 0.1) is 10.6 Å². The molecule has 1 amide bonds. The molecule has 1 aromatic rings. The van der Waals surface area contributed by atoms with Crippen LogP contribution in [-0.4, -0.2) is 22.9 Å². The van der Waals surface area contributed by atoms with Gasteiger partial charge in [0.25, 0.3) is 5.91 Å². The Labute approximate surface area is 128 Å². The number of amides is 1. The van der Waals surface area contributed by atoms with E-state index in [1.807, 2.05) is 17.0 Å². The molecule has 0 saturated heterocycles. The van der Waals surface area contributed by atoms with Gasteiger partial charge < -0.3 is 4.90 Å². The van der Waals surface area contributed by atoms with Crippen LogP contribution >= 0.6 is 27.5 Å². The van der Waals surface area contributed by atoms with Gasteiger partial charge in [0.1, 0.15) is 0 Å². The second-order valence-corrected chi connectivity index (χ2v) is 6.69. The molecule has 1 aromatic carbocycles. The summed E-state index contributed by atoms with van der Waals surface area (Å²) in [5.41, 5.74) is 0.594. The largest absolute Gasteiger partial charge is 0.333 e. The Morgan fingerprint density at radius 2 is 2.00 bits per heavy atom. The van der Waals surface area contributed by atoms with E-state index in [2.05, 4.69) is 29.8 Å². The number of nitrogens with zero attached hydrogens (tertiary/aromatic N) is 1. The maximum absolute atomic E-state index is 12.8. The summed E-state index contributed by atoms with van der Waals surface area (Å²) in [5, 5.41) is 0.525. The van der Waals surface area contributed by atoms with Gasteiger partial charge in [0.15, 0.2) is 0 Å². The third-order valence-electron chi connectivity index (χ3n) is 3.67. The summed E-state index contributed by atoms with van der Waals surface area (Å²) in [6.07, 6.45) is 4.64. The predicted octanol–water partition coefficient (Wildman–Crippen LogP) is 4.90. The molecule has 19 heavy (non-hydrogen) atoms. The van der Waals surface area contributed by atoms with Crippen LogP contribution in [0.3, 0.4) is 0 Å². The highest BCUT2D eigenvalue weighted by molar-refractivity contribution is 9.10. The molecular weight excluding hydrogens is 326 g/mol. The second kappa shape index (κ2) is 6.27. The minimum absolute atomic E-state index is 0.0493. The number of hydrogen-bond acceptors (Lipinski definition) is 1. The lowest BCUT2D eigenvalue weighted by atomic mass is 10.1. The van der Waals surface area contributed by atoms with Gasteiger partial charge in [-0.15, -0.1) is 0 Å². The molecule has 0 bridgehead atoms. The van der Waals surface area contributed by atoms with E-state index in [1.165, 1.54) is 12.8 Å². The molecule has 2 rings (SSSR count). The maximum Gasteiger partial charge on any atom is 0.255 e. The van der Waals surface area contributed by atoms with Crippen LogP contribution in [0.1, 0.15) is 49.9 Å². The average molecular weight is 345 g/mol. The number of carbonyl (C=O) groups is 1. The summed E-state index contributed by atoms with van der Waals surface area (Å²) >= 11 is 9.58. The first kappa shape index (κ1) is 14.9. The molecule has 104 valence electrons. The third kappa shape index (κ3) is 3.32. The molecule has 1 aliphatic rings. The van der Waals surface area contributed by atoms with Gasteiger partial charge in [-0.25, -0.2) is 0 Å². The summed E-state index contributed by atoms with van der Waals surface area (Å²) in [4.78, 5) is 14.8. The highest BCUT2D eigenvalue weighted by atomic mass is 79.9.